The Morgan fingerprint density at radius 2 is 1.81 bits per heavy atom. The summed E-state index contributed by atoms with van der Waals surface area (Å²) in [4.78, 5) is 16.6. The Balaban J connectivity index is 1.96. The number of likely N-dealkylation sites (N-methyl/N-ethyl adjacent to an activating group) is 1. The molecule has 0 bridgehead atoms. The Kier molecular flexibility index (Phi) is 5.76. The van der Waals surface area contributed by atoms with E-state index < -0.39 is 0 Å². The smallest absolute Gasteiger partial charge is 0.239 e. The van der Waals surface area contributed by atoms with Gasteiger partial charge >= 0.3 is 0 Å². The number of carbonyl (C=O) groups excluding carboxylic acids is 1. The van der Waals surface area contributed by atoms with Crippen molar-refractivity contribution in [2.45, 2.75) is 38.9 Å². The first kappa shape index (κ1) is 16.0. The normalized spacial score (nSPS) is 18.2. The number of hydrogen-bond donors (Lipinski definition) is 1. The lowest BCUT2D eigenvalue weighted by Crippen LogP contribution is -2.43. The number of nitrogens with one attached hydrogen (secondary N) is 1. The molecule has 1 fully saturated rings. The molecule has 4 nitrogen and oxygen atoms in total. The van der Waals surface area contributed by atoms with Gasteiger partial charge in [0.05, 0.1) is 6.04 Å². The molecule has 1 atom stereocenters. The second-order valence-electron chi connectivity index (χ2n) is 6.06. The Labute approximate surface area is 128 Å². The SMILES string of the molecule is CCN(Cc1ccc(CN(C)C)cc1)C(=O)C1CCCN1. The topological polar surface area (TPSA) is 35.6 Å². The van der Waals surface area contributed by atoms with E-state index in [0.717, 1.165) is 32.5 Å². The standard InChI is InChI=1S/C17H27N3O/c1-4-20(17(21)16-6-5-11-18-16)13-15-9-7-14(8-10-15)12-19(2)3/h7-10,16,18H,4-6,11-13H2,1-3H3. The van der Waals surface area contributed by atoms with Gasteiger partial charge in [0.1, 0.15) is 0 Å². The van der Waals surface area contributed by atoms with E-state index in [2.05, 4.69) is 48.6 Å². The van der Waals surface area contributed by atoms with Gasteiger partial charge < -0.3 is 15.1 Å². The fourth-order valence-electron chi connectivity index (χ4n) is 2.80. The molecule has 1 amide bonds. The van der Waals surface area contributed by atoms with Crippen LogP contribution in [0.15, 0.2) is 24.3 Å². The van der Waals surface area contributed by atoms with Gasteiger partial charge in [-0.1, -0.05) is 24.3 Å². The summed E-state index contributed by atoms with van der Waals surface area (Å²) in [5.74, 6) is 0.243. The number of nitrogens with zero attached hydrogens (tertiary/aromatic N) is 2. The maximum atomic E-state index is 12.5. The molecular formula is C17H27N3O. The fraction of sp³-hybridized carbons (Fsp3) is 0.588. The van der Waals surface area contributed by atoms with Crippen LogP contribution < -0.4 is 5.32 Å². The van der Waals surface area contributed by atoms with Gasteiger partial charge in [0, 0.05) is 19.6 Å². The molecule has 21 heavy (non-hydrogen) atoms. The van der Waals surface area contributed by atoms with Crippen LogP contribution in [0.5, 0.6) is 0 Å². The van der Waals surface area contributed by atoms with Crippen LogP contribution in [-0.2, 0) is 17.9 Å². The first-order valence-corrected chi connectivity index (χ1v) is 7.85. The Morgan fingerprint density at radius 3 is 2.29 bits per heavy atom. The molecule has 116 valence electrons. The van der Waals surface area contributed by atoms with Crippen LogP contribution in [0.2, 0.25) is 0 Å². The van der Waals surface area contributed by atoms with Crippen LogP contribution >= 0.6 is 0 Å². The van der Waals surface area contributed by atoms with Gasteiger partial charge in [-0.25, -0.2) is 0 Å². The zero-order valence-electron chi connectivity index (χ0n) is 13.4. The first-order chi connectivity index (χ1) is 10.1. The summed E-state index contributed by atoms with van der Waals surface area (Å²) in [6.07, 6.45) is 2.07. The van der Waals surface area contributed by atoms with Crippen LogP contribution in [0.3, 0.4) is 0 Å². The maximum absolute atomic E-state index is 12.5. The van der Waals surface area contributed by atoms with E-state index in [1.165, 1.54) is 11.1 Å². The minimum absolute atomic E-state index is 0.0259. The van der Waals surface area contributed by atoms with E-state index in [1.807, 2.05) is 11.8 Å². The highest BCUT2D eigenvalue weighted by Crippen LogP contribution is 2.13. The predicted molar refractivity (Wildman–Crippen MR) is 85.9 cm³/mol. The first-order valence-electron chi connectivity index (χ1n) is 7.85. The van der Waals surface area contributed by atoms with E-state index in [4.69, 9.17) is 0 Å². The summed E-state index contributed by atoms with van der Waals surface area (Å²) < 4.78 is 0. The largest absolute Gasteiger partial charge is 0.337 e. The average Bonchev–Trinajstić information content (AvgIpc) is 2.99. The third kappa shape index (κ3) is 4.55. The lowest BCUT2D eigenvalue weighted by Gasteiger charge is -2.24. The summed E-state index contributed by atoms with van der Waals surface area (Å²) in [6.45, 7) is 5.43. The van der Waals surface area contributed by atoms with Gasteiger partial charge in [-0.15, -0.1) is 0 Å². The Hall–Kier alpha value is -1.39. The lowest BCUT2D eigenvalue weighted by molar-refractivity contribution is -0.133. The molecule has 1 unspecified atom stereocenters. The fourth-order valence-corrected chi connectivity index (χ4v) is 2.80. The molecule has 1 aromatic rings. The predicted octanol–water partition coefficient (Wildman–Crippen LogP) is 1.85. The molecule has 1 N–H and O–H groups in total. The van der Waals surface area contributed by atoms with Crippen molar-refractivity contribution in [3.8, 4) is 0 Å². The number of carbonyl (C=O) groups is 1. The highest BCUT2D eigenvalue weighted by atomic mass is 16.2. The van der Waals surface area contributed by atoms with Crippen molar-refractivity contribution >= 4 is 5.91 Å². The quantitative estimate of drug-likeness (QED) is 0.868. The lowest BCUT2D eigenvalue weighted by atomic mass is 10.1. The molecule has 0 aliphatic carbocycles. The molecule has 0 aromatic heterocycles. The second-order valence-corrected chi connectivity index (χ2v) is 6.06. The summed E-state index contributed by atoms with van der Waals surface area (Å²) in [5.41, 5.74) is 2.50. The summed E-state index contributed by atoms with van der Waals surface area (Å²) in [6, 6.07) is 8.61. The van der Waals surface area contributed by atoms with E-state index >= 15 is 0 Å². The maximum Gasteiger partial charge on any atom is 0.239 e. The monoisotopic (exact) mass is 289 g/mol. The Bertz CT molecular complexity index is 450. The van der Waals surface area contributed by atoms with Crippen LogP contribution in [0.1, 0.15) is 30.9 Å². The molecule has 1 saturated heterocycles. The van der Waals surface area contributed by atoms with Crippen LogP contribution in [0.4, 0.5) is 0 Å². The third-order valence-electron chi connectivity index (χ3n) is 3.95. The highest BCUT2D eigenvalue weighted by molar-refractivity contribution is 5.82. The number of amides is 1. The molecule has 4 heteroatoms. The van der Waals surface area contributed by atoms with Gasteiger partial charge in [0.25, 0.3) is 0 Å². The van der Waals surface area contributed by atoms with Gasteiger partial charge in [-0.05, 0) is 51.5 Å². The zero-order valence-corrected chi connectivity index (χ0v) is 13.4. The molecule has 1 aliphatic rings. The third-order valence-corrected chi connectivity index (χ3v) is 3.95. The van der Waals surface area contributed by atoms with Crippen LogP contribution in [0, 0.1) is 0 Å². The zero-order chi connectivity index (χ0) is 15.2. The molecule has 1 heterocycles. The van der Waals surface area contributed by atoms with Crippen molar-refractivity contribution in [3.63, 3.8) is 0 Å². The molecule has 0 saturated carbocycles. The van der Waals surface area contributed by atoms with Crippen molar-refractivity contribution in [3.05, 3.63) is 35.4 Å². The molecular weight excluding hydrogens is 262 g/mol. The number of hydrogen-bond acceptors (Lipinski definition) is 3. The minimum Gasteiger partial charge on any atom is -0.337 e. The molecule has 1 aliphatic heterocycles. The van der Waals surface area contributed by atoms with Crippen molar-refractivity contribution in [2.24, 2.45) is 0 Å². The van der Waals surface area contributed by atoms with Crippen molar-refractivity contribution < 1.29 is 4.79 Å². The number of rotatable bonds is 6. The molecule has 0 spiro atoms. The second kappa shape index (κ2) is 7.57. The van der Waals surface area contributed by atoms with Gasteiger partial charge in [0.2, 0.25) is 5.91 Å². The van der Waals surface area contributed by atoms with E-state index in [-0.39, 0.29) is 11.9 Å². The molecule has 2 rings (SSSR count). The summed E-state index contributed by atoms with van der Waals surface area (Å²) in [5, 5.41) is 3.29. The van der Waals surface area contributed by atoms with Crippen LogP contribution in [-0.4, -0.2) is 48.9 Å². The van der Waals surface area contributed by atoms with Crippen LogP contribution in [0.25, 0.3) is 0 Å². The summed E-state index contributed by atoms with van der Waals surface area (Å²) >= 11 is 0. The number of benzene rings is 1. The summed E-state index contributed by atoms with van der Waals surface area (Å²) in [7, 11) is 4.14. The van der Waals surface area contributed by atoms with Gasteiger partial charge in [-0.3, -0.25) is 4.79 Å². The highest BCUT2D eigenvalue weighted by Gasteiger charge is 2.25. The van der Waals surface area contributed by atoms with Crippen molar-refractivity contribution in [1.82, 2.24) is 15.1 Å². The van der Waals surface area contributed by atoms with E-state index in [9.17, 15) is 4.79 Å². The minimum atomic E-state index is 0.0259. The van der Waals surface area contributed by atoms with Gasteiger partial charge in [-0.2, -0.15) is 0 Å². The van der Waals surface area contributed by atoms with Gasteiger partial charge in [0.15, 0.2) is 0 Å². The molecule has 0 radical (unpaired) electrons. The average molecular weight is 289 g/mol. The van der Waals surface area contributed by atoms with E-state index in [1.54, 1.807) is 0 Å². The Morgan fingerprint density at radius 1 is 1.19 bits per heavy atom. The van der Waals surface area contributed by atoms with E-state index in [0.29, 0.717) is 6.54 Å². The molecule has 1 aromatic carbocycles. The van der Waals surface area contributed by atoms with Crippen molar-refractivity contribution in [2.75, 3.05) is 27.2 Å². The van der Waals surface area contributed by atoms with Crippen molar-refractivity contribution in [1.29, 1.82) is 0 Å².